The summed E-state index contributed by atoms with van der Waals surface area (Å²) >= 11 is 18.0. The van der Waals surface area contributed by atoms with E-state index in [0.29, 0.717) is 5.02 Å². The van der Waals surface area contributed by atoms with E-state index in [-0.39, 0.29) is 39.5 Å². The summed E-state index contributed by atoms with van der Waals surface area (Å²) in [4.78, 5) is 21.5. The number of benzene rings is 2. The Labute approximate surface area is 163 Å². The molecule has 26 heavy (non-hydrogen) atoms. The third-order valence-corrected chi connectivity index (χ3v) is 4.15. The van der Waals surface area contributed by atoms with E-state index in [1.165, 1.54) is 37.3 Å². The maximum atomic E-state index is 11.2. The quantitative estimate of drug-likeness (QED) is 0.455. The third kappa shape index (κ3) is 4.91. The summed E-state index contributed by atoms with van der Waals surface area (Å²) in [7, 11) is 0. The van der Waals surface area contributed by atoms with Gasteiger partial charge in [0.05, 0.1) is 20.9 Å². The third-order valence-electron chi connectivity index (χ3n) is 3.37. The van der Waals surface area contributed by atoms with Gasteiger partial charge in [-0.25, -0.2) is 0 Å². The number of carbonyl (C=O) groups is 1. The Hall–Kier alpha value is -2.22. The smallest absolute Gasteiger partial charge is 0.308 e. The monoisotopic (exact) mass is 418 g/mol. The molecular formula is C16H13Cl3N2O5. The van der Waals surface area contributed by atoms with Gasteiger partial charge in [0, 0.05) is 23.7 Å². The van der Waals surface area contributed by atoms with Crippen LogP contribution in [0.1, 0.15) is 6.92 Å². The number of carboxylic acid groups (broad SMARTS) is 1. The average molecular weight is 420 g/mol. The molecule has 0 bridgehead atoms. The van der Waals surface area contributed by atoms with Gasteiger partial charge in [0.1, 0.15) is 11.4 Å². The van der Waals surface area contributed by atoms with Crippen molar-refractivity contribution in [1.82, 2.24) is 0 Å². The molecule has 10 heteroatoms. The Morgan fingerprint density at radius 3 is 2.42 bits per heavy atom. The van der Waals surface area contributed by atoms with Gasteiger partial charge in [0.15, 0.2) is 5.75 Å². The van der Waals surface area contributed by atoms with Gasteiger partial charge in [-0.05, 0) is 18.2 Å². The van der Waals surface area contributed by atoms with Crippen molar-refractivity contribution in [1.29, 1.82) is 0 Å². The highest BCUT2D eigenvalue weighted by molar-refractivity contribution is 6.40. The highest BCUT2D eigenvalue weighted by Gasteiger charge is 2.18. The molecule has 2 aromatic rings. The second-order valence-electron chi connectivity index (χ2n) is 5.36. The lowest BCUT2D eigenvalue weighted by Crippen LogP contribution is -2.20. The summed E-state index contributed by atoms with van der Waals surface area (Å²) < 4.78 is 5.62. The van der Waals surface area contributed by atoms with Gasteiger partial charge in [-0.3, -0.25) is 14.9 Å². The molecule has 0 heterocycles. The first kappa shape index (κ1) is 20.1. The van der Waals surface area contributed by atoms with E-state index in [4.69, 9.17) is 44.6 Å². The fraction of sp³-hybridized carbons (Fsp3) is 0.188. The number of nitrogens with one attached hydrogen (secondary N) is 1. The van der Waals surface area contributed by atoms with E-state index < -0.39 is 16.8 Å². The molecule has 0 aliphatic rings. The van der Waals surface area contributed by atoms with Gasteiger partial charge in [-0.1, -0.05) is 41.7 Å². The molecule has 0 spiro atoms. The fourth-order valence-corrected chi connectivity index (χ4v) is 2.87. The van der Waals surface area contributed by atoms with Crippen molar-refractivity contribution in [2.45, 2.75) is 6.92 Å². The van der Waals surface area contributed by atoms with Crippen LogP contribution in [-0.2, 0) is 4.79 Å². The SMILES string of the molecule is CC(CNc1cc(Oc2c(Cl)cc(Cl)cc2Cl)ccc1[N+](=O)[O-])C(=O)O. The minimum atomic E-state index is -1.02. The molecule has 0 aliphatic heterocycles. The highest BCUT2D eigenvalue weighted by atomic mass is 35.5. The van der Waals surface area contributed by atoms with Crippen LogP contribution in [0.15, 0.2) is 30.3 Å². The van der Waals surface area contributed by atoms with Crippen LogP contribution >= 0.6 is 34.8 Å². The van der Waals surface area contributed by atoms with Crippen LogP contribution in [0.2, 0.25) is 15.1 Å². The summed E-state index contributed by atoms with van der Waals surface area (Å²) in [5.41, 5.74) is -0.106. The van der Waals surface area contributed by atoms with Crippen LogP contribution in [0.25, 0.3) is 0 Å². The first-order valence-corrected chi connectivity index (χ1v) is 8.40. The first-order valence-electron chi connectivity index (χ1n) is 7.26. The minimum absolute atomic E-state index is 0.00207. The fourth-order valence-electron chi connectivity index (χ4n) is 1.97. The number of nitro groups is 1. The van der Waals surface area contributed by atoms with Crippen LogP contribution in [0, 0.1) is 16.0 Å². The number of ether oxygens (including phenoxy) is 1. The van der Waals surface area contributed by atoms with Crippen LogP contribution in [0.5, 0.6) is 11.5 Å². The van der Waals surface area contributed by atoms with Crippen molar-refractivity contribution in [3.8, 4) is 11.5 Å². The van der Waals surface area contributed by atoms with E-state index in [1.807, 2.05) is 0 Å². The summed E-state index contributed by atoms with van der Waals surface area (Å²) in [6, 6.07) is 6.88. The van der Waals surface area contributed by atoms with E-state index in [2.05, 4.69) is 5.32 Å². The van der Waals surface area contributed by atoms with E-state index in [0.717, 1.165) is 0 Å². The van der Waals surface area contributed by atoms with E-state index in [9.17, 15) is 14.9 Å². The Kier molecular flexibility index (Phi) is 6.52. The molecule has 1 atom stereocenters. The predicted molar refractivity (Wildman–Crippen MR) is 99.9 cm³/mol. The van der Waals surface area contributed by atoms with Gasteiger partial charge in [0.25, 0.3) is 5.69 Å². The predicted octanol–water partition coefficient (Wildman–Crippen LogP) is 5.48. The largest absolute Gasteiger partial charge is 0.481 e. The maximum absolute atomic E-state index is 11.2. The molecule has 0 radical (unpaired) electrons. The zero-order valence-electron chi connectivity index (χ0n) is 13.3. The first-order chi connectivity index (χ1) is 12.2. The van der Waals surface area contributed by atoms with Gasteiger partial charge < -0.3 is 15.2 Å². The van der Waals surface area contributed by atoms with Crippen LogP contribution in [-0.4, -0.2) is 22.5 Å². The van der Waals surface area contributed by atoms with Crippen molar-refractivity contribution in [3.63, 3.8) is 0 Å². The molecule has 0 amide bonds. The number of anilines is 1. The normalized spacial score (nSPS) is 11.7. The van der Waals surface area contributed by atoms with Gasteiger partial charge in [-0.2, -0.15) is 0 Å². The lowest BCUT2D eigenvalue weighted by Gasteiger charge is -2.13. The standard InChI is InChI=1S/C16H13Cl3N2O5/c1-8(16(22)23)7-20-13-6-10(2-3-14(13)21(24)25)26-15-11(18)4-9(17)5-12(15)19/h2-6,8,20H,7H2,1H3,(H,22,23). The molecule has 2 aromatic carbocycles. The molecule has 7 nitrogen and oxygen atoms in total. The second kappa shape index (κ2) is 8.44. The molecule has 0 aromatic heterocycles. The van der Waals surface area contributed by atoms with E-state index in [1.54, 1.807) is 0 Å². The summed E-state index contributed by atoms with van der Waals surface area (Å²) in [6.45, 7) is 1.48. The van der Waals surface area contributed by atoms with Gasteiger partial charge in [-0.15, -0.1) is 0 Å². The number of hydrogen-bond donors (Lipinski definition) is 2. The zero-order chi connectivity index (χ0) is 19.4. The Morgan fingerprint density at radius 2 is 1.88 bits per heavy atom. The molecule has 2 N–H and O–H groups in total. The van der Waals surface area contributed by atoms with Crippen molar-refractivity contribution >= 4 is 52.1 Å². The summed E-state index contributed by atoms with van der Waals surface area (Å²) in [5.74, 6) is -1.38. The second-order valence-corrected chi connectivity index (χ2v) is 6.61. The number of nitro benzene ring substituents is 1. The summed E-state index contributed by atoms with van der Waals surface area (Å²) in [5, 5.41) is 23.5. The minimum Gasteiger partial charge on any atom is -0.481 e. The number of rotatable bonds is 7. The van der Waals surface area contributed by atoms with Crippen molar-refractivity contribution in [3.05, 3.63) is 55.5 Å². The van der Waals surface area contributed by atoms with Crippen molar-refractivity contribution in [2.24, 2.45) is 5.92 Å². The van der Waals surface area contributed by atoms with E-state index >= 15 is 0 Å². The number of halogens is 3. The lowest BCUT2D eigenvalue weighted by atomic mass is 10.1. The van der Waals surface area contributed by atoms with Crippen LogP contribution in [0.4, 0.5) is 11.4 Å². The van der Waals surface area contributed by atoms with Crippen molar-refractivity contribution in [2.75, 3.05) is 11.9 Å². The Balaban J connectivity index is 2.32. The number of aliphatic carboxylic acids is 1. The van der Waals surface area contributed by atoms with Crippen LogP contribution < -0.4 is 10.1 Å². The molecule has 2 rings (SSSR count). The molecule has 0 saturated carbocycles. The molecule has 0 saturated heterocycles. The molecular weight excluding hydrogens is 407 g/mol. The Bertz CT molecular complexity index is 837. The maximum Gasteiger partial charge on any atom is 0.308 e. The summed E-state index contributed by atoms with van der Waals surface area (Å²) in [6.07, 6.45) is 0. The average Bonchev–Trinajstić information content (AvgIpc) is 2.55. The topological polar surface area (TPSA) is 102 Å². The van der Waals surface area contributed by atoms with Crippen LogP contribution in [0.3, 0.4) is 0 Å². The molecule has 138 valence electrons. The van der Waals surface area contributed by atoms with Gasteiger partial charge >= 0.3 is 5.97 Å². The highest BCUT2D eigenvalue weighted by Crippen LogP contribution is 2.40. The molecule has 0 fully saturated rings. The number of nitrogens with zero attached hydrogens (tertiary/aromatic N) is 1. The Morgan fingerprint density at radius 1 is 1.27 bits per heavy atom. The molecule has 1 unspecified atom stereocenters. The zero-order valence-corrected chi connectivity index (χ0v) is 15.6. The molecule has 0 aliphatic carbocycles. The van der Waals surface area contributed by atoms with Crippen molar-refractivity contribution < 1.29 is 19.6 Å². The van der Waals surface area contributed by atoms with Gasteiger partial charge in [0.2, 0.25) is 0 Å². The number of hydrogen-bond acceptors (Lipinski definition) is 5. The number of carboxylic acids is 1. The lowest BCUT2D eigenvalue weighted by molar-refractivity contribution is -0.384.